The second-order valence-corrected chi connectivity index (χ2v) is 11.3. The molecule has 0 spiro atoms. The second kappa shape index (κ2) is 16.0. The zero-order valence-electron chi connectivity index (χ0n) is 25.6. The molecule has 0 bridgehead atoms. The first kappa shape index (κ1) is 33.6. The van der Waals surface area contributed by atoms with Crippen molar-refractivity contribution in [3.8, 4) is 5.75 Å². The van der Waals surface area contributed by atoms with Crippen molar-refractivity contribution in [1.82, 2.24) is 10.2 Å². The Hall–Kier alpha value is -3.59. The maximum atomic E-state index is 14.1. The molecular weight excluding hydrogens is 522 g/mol. The van der Waals surface area contributed by atoms with Crippen LogP contribution in [0, 0.1) is 13.8 Å². The van der Waals surface area contributed by atoms with Crippen molar-refractivity contribution in [1.29, 1.82) is 0 Å². The molecule has 2 unspecified atom stereocenters. The van der Waals surface area contributed by atoms with E-state index in [0.717, 1.165) is 36.8 Å². The predicted octanol–water partition coefficient (Wildman–Crippen LogP) is 5.68. The SMILES string of the molecule is CCCCCCCN(C(=O)C(CO)NC(=O)OC(C)(C)C)C(C(=O)Nc1ccc(OC)cc1)c1c(C)cccc1C. The number of methoxy groups -OCH3 is 1. The summed E-state index contributed by atoms with van der Waals surface area (Å²) in [7, 11) is 1.57. The van der Waals surface area contributed by atoms with Gasteiger partial charge in [0, 0.05) is 12.2 Å². The highest BCUT2D eigenvalue weighted by Crippen LogP contribution is 2.30. The first-order chi connectivity index (χ1) is 19.4. The normalized spacial score (nSPS) is 12.7. The molecule has 226 valence electrons. The van der Waals surface area contributed by atoms with Crippen LogP contribution in [0.25, 0.3) is 0 Å². The smallest absolute Gasteiger partial charge is 0.408 e. The number of rotatable bonds is 14. The maximum Gasteiger partial charge on any atom is 0.408 e. The van der Waals surface area contributed by atoms with E-state index in [4.69, 9.17) is 9.47 Å². The lowest BCUT2D eigenvalue weighted by atomic mass is 9.93. The third kappa shape index (κ3) is 10.4. The topological polar surface area (TPSA) is 117 Å². The van der Waals surface area contributed by atoms with Crippen LogP contribution in [-0.4, -0.2) is 59.8 Å². The zero-order valence-corrected chi connectivity index (χ0v) is 25.6. The molecule has 2 atom stereocenters. The Morgan fingerprint density at radius 2 is 1.56 bits per heavy atom. The van der Waals surface area contributed by atoms with Crippen LogP contribution < -0.4 is 15.4 Å². The van der Waals surface area contributed by atoms with E-state index in [1.165, 1.54) is 4.90 Å². The third-order valence-corrected chi connectivity index (χ3v) is 6.69. The van der Waals surface area contributed by atoms with E-state index in [-0.39, 0.29) is 6.54 Å². The molecule has 2 aromatic carbocycles. The summed E-state index contributed by atoms with van der Waals surface area (Å²) in [5, 5.41) is 15.6. The van der Waals surface area contributed by atoms with E-state index in [9.17, 15) is 19.5 Å². The van der Waals surface area contributed by atoms with E-state index >= 15 is 0 Å². The van der Waals surface area contributed by atoms with Gasteiger partial charge in [-0.25, -0.2) is 4.79 Å². The Labute approximate surface area is 244 Å². The first-order valence-corrected chi connectivity index (χ1v) is 14.3. The molecule has 0 saturated heterocycles. The summed E-state index contributed by atoms with van der Waals surface area (Å²) >= 11 is 0. The van der Waals surface area contributed by atoms with E-state index in [2.05, 4.69) is 17.6 Å². The average Bonchev–Trinajstić information content (AvgIpc) is 2.91. The summed E-state index contributed by atoms with van der Waals surface area (Å²) in [5.74, 6) is -0.313. The quantitative estimate of drug-likeness (QED) is 0.252. The van der Waals surface area contributed by atoms with Crippen LogP contribution in [0.15, 0.2) is 42.5 Å². The lowest BCUT2D eigenvalue weighted by Gasteiger charge is -2.35. The Kier molecular flexibility index (Phi) is 13.1. The van der Waals surface area contributed by atoms with Gasteiger partial charge >= 0.3 is 6.09 Å². The van der Waals surface area contributed by atoms with Gasteiger partial charge in [0.05, 0.1) is 13.7 Å². The molecule has 3 amide bonds. The van der Waals surface area contributed by atoms with Crippen molar-refractivity contribution < 1.29 is 29.0 Å². The van der Waals surface area contributed by atoms with Crippen LogP contribution in [0.3, 0.4) is 0 Å². The summed E-state index contributed by atoms with van der Waals surface area (Å²) < 4.78 is 10.6. The highest BCUT2D eigenvalue weighted by atomic mass is 16.6. The van der Waals surface area contributed by atoms with Crippen LogP contribution in [0.5, 0.6) is 5.75 Å². The molecule has 0 saturated carbocycles. The minimum absolute atomic E-state index is 0.267. The molecule has 9 nitrogen and oxygen atoms in total. The van der Waals surface area contributed by atoms with Gasteiger partial charge in [0.15, 0.2) is 0 Å². The first-order valence-electron chi connectivity index (χ1n) is 14.3. The number of carbonyl (C=O) groups excluding carboxylic acids is 3. The molecule has 2 aromatic rings. The molecule has 0 aliphatic carbocycles. The summed E-state index contributed by atoms with van der Waals surface area (Å²) in [6, 6.07) is 10.4. The molecule has 0 radical (unpaired) electrons. The van der Waals surface area contributed by atoms with Crippen LogP contribution in [-0.2, 0) is 14.3 Å². The van der Waals surface area contributed by atoms with E-state index in [1.807, 2.05) is 32.0 Å². The highest BCUT2D eigenvalue weighted by molar-refractivity contribution is 5.99. The number of nitrogens with one attached hydrogen (secondary N) is 2. The fourth-order valence-corrected chi connectivity index (χ4v) is 4.66. The average molecular weight is 570 g/mol. The predicted molar refractivity (Wildman–Crippen MR) is 161 cm³/mol. The monoisotopic (exact) mass is 569 g/mol. The molecule has 9 heteroatoms. The third-order valence-electron chi connectivity index (χ3n) is 6.69. The molecule has 0 aliphatic rings. The van der Waals surface area contributed by atoms with Crippen molar-refractivity contribution >= 4 is 23.6 Å². The highest BCUT2D eigenvalue weighted by Gasteiger charge is 2.37. The lowest BCUT2D eigenvalue weighted by molar-refractivity contribution is -0.141. The number of nitrogens with zero attached hydrogens (tertiary/aromatic N) is 1. The van der Waals surface area contributed by atoms with Gasteiger partial charge in [-0.1, -0.05) is 50.8 Å². The Balaban J connectivity index is 2.52. The number of aryl methyl sites for hydroxylation is 2. The number of ether oxygens (including phenoxy) is 2. The molecule has 3 N–H and O–H groups in total. The van der Waals surface area contributed by atoms with Crippen molar-refractivity contribution in [2.75, 3.05) is 25.6 Å². The number of amides is 3. The number of benzene rings is 2. The van der Waals surface area contributed by atoms with Gasteiger partial charge in [-0.3, -0.25) is 9.59 Å². The minimum Gasteiger partial charge on any atom is -0.497 e. The summed E-state index contributed by atoms with van der Waals surface area (Å²) in [6.45, 7) is 10.7. The second-order valence-electron chi connectivity index (χ2n) is 11.3. The number of aliphatic hydroxyl groups excluding tert-OH is 1. The van der Waals surface area contributed by atoms with Crippen molar-refractivity contribution in [3.05, 3.63) is 59.2 Å². The minimum atomic E-state index is -1.29. The molecule has 0 aromatic heterocycles. The van der Waals surface area contributed by atoms with Crippen LogP contribution in [0.1, 0.15) is 82.5 Å². The van der Waals surface area contributed by atoms with Gasteiger partial charge < -0.3 is 30.1 Å². The van der Waals surface area contributed by atoms with Crippen LogP contribution in [0.4, 0.5) is 10.5 Å². The van der Waals surface area contributed by atoms with Crippen LogP contribution >= 0.6 is 0 Å². The van der Waals surface area contributed by atoms with Crippen LogP contribution in [0.2, 0.25) is 0 Å². The van der Waals surface area contributed by atoms with Gasteiger partial charge in [0.1, 0.15) is 23.4 Å². The van der Waals surface area contributed by atoms with Gasteiger partial charge in [0.25, 0.3) is 5.91 Å². The van der Waals surface area contributed by atoms with Gasteiger partial charge in [-0.15, -0.1) is 0 Å². The Bertz CT molecular complexity index is 1120. The summed E-state index contributed by atoms with van der Waals surface area (Å²) in [5.41, 5.74) is 2.17. The largest absolute Gasteiger partial charge is 0.497 e. The Morgan fingerprint density at radius 3 is 2.10 bits per heavy atom. The van der Waals surface area contributed by atoms with E-state index in [0.29, 0.717) is 23.4 Å². The lowest BCUT2D eigenvalue weighted by Crippen LogP contribution is -2.54. The molecule has 41 heavy (non-hydrogen) atoms. The number of hydrogen-bond donors (Lipinski definition) is 3. The summed E-state index contributed by atoms with van der Waals surface area (Å²) in [4.78, 5) is 42.2. The van der Waals surface area contributed by atoms with Gasteiger partial charge in [-0.2, -0.15) is 0 Å². The van der Waals surface area contributed by atoms with Gasteiger partial charge in [-0.05, 0) is 82.0 Å². The fraction of sp³-hybridized carbons (Fsp3) is 0.531. The molecular formula is C32H47N3O6. The number of unbranched alkanes of at least 4 members (excludes halogenated alkanes) is 4. The van der Waals surface area contributed by atoms with Crippen molar-refractivity contribution in [2.24, 2.45) is 0 Å². The zero-order chi connectivity index (χ0) is 30.6. The maximum absolute atomic E-state index is 14.1. The van der Waals surface area contributed by atoms with Crippen molar-refractivity contribution in [3.63, 3.8) is 0 Å². The van der Waals surface area contributed by atoms with Crippen molar-refractivity contribution in [2.45, 2.75) is 91.3 Å². The summed E-state index contributed by atoms with van der Waals surface area (Å²) in [6.07, 6.45) is 3.87. The molecule has 0 heterocycles. The van der Waals surface area contributed by atoms with Gasteiger partial charge in [0.2, 0.25) is 5.91 Å². The fourth-order valence-electron chi connectivity index (χ4n) is 4.66. The Morgan fingerprint density at radius 1 is 0.951 bits per heavy atom. The number of carbonyl (C=O) groups is 3. The number of hydrogen-bond acceptors (Lipinski definition) is 6. The molecule has 0 fully saturated rings. The standard InChI is InChI=1S/C32H47N3O6/c1-8-9-10-11-12-20-35(30(38)26(21-36)34-31(39)41-32(4,5)6)28(27-22(2)14-13-15-23(27)3)29(37)33-24-16-18-25(40-7)19-17-24/h13-19,26,28,36H,8-12,20-21H2,1-7H3,(H,33,37)(H,34,39). The van der Waals surface area contributed by atoms with E-state index in [1.54, 1.807) is 52.1 Å². The number of aliphatic hydroxyl groups is 1. The van der Waals surface area contributed by atoms with E-state index < -0.39 is 42.2 Å². The number of alkyl carbamates (subject to hydrolysis) is 1. The molecule has 2 rings (SSSR count). The molecule has 0 aliphatic heterocycles. The number of anilines is 1.